The molecule has 0 amide bonds. The van der Waals surface area contributed by atoms with E-state index in [9.17, 15) is 0 Å². The van der Waals surface area contributed by atoms with Crippen LogP contribution >= 0.6 is 0 Å². The van der Waals surface area contributed by atoms with Crippen molar-refractivity contribution < 1.29 is 0 Å². The lowest BCUT2D eigenvalue weighted by atomic mass is 10.0. The minimum absolute atomic E-state index is 0.914. The molecule has 3 nitrogen and oxygen atoms in total. The lowest BCUT2D eigenvalue weighted by molar-refractivity contribution is 0.771. The Morgan fingerprint density at radius 1 is 0.700 bits per heavy atom. The van der Waals surface area contributed by atoms with Gasteiger partial charge >= 0.3 is 0 Å². The molecule has 3 heteroatoms. The second kappa shape index (κ2) is 4.17. The van der Waals surface area contributed by atoms with Crippen LogP contribution < -0.4 is 0 Å². The van der Waals surface area contributed by atoms with Crippen LogP contribution in [0.2, 0.25) is 0 Å². The Labute approximate surface area is 116 Å². The van der Waals surface area contributed by atoms with Gasteiger partial charge in [0.15, 0.2) is 0 Å². The second-order valence-corrected chi connectivity index (χ2v) is 4.93. The third kappa shape index (κ3) is 1.60. The highest BCUT2D eigenvalue weighted by Crippen LogP contribution is 2.25. The van der Waals surface area contributed by atoms with Gasteiger partial charge in [0.1, 0.15) is 11.0 Å². The summed E-state index contributed by atoms with van der Waals surface area (Å²) in [6.07, 6.45) is 0. The molecular weight excluding hydrogens is 246 g/mol. The van der Waals surface area contributed by atoms with Gasteiger partial charge in [-0.1, -0.05) is 42.5 Å². The first-order valence-electron chi connectivity index (χ1n) is 6.64. The van der Waals surface area contributed by atoms with Gasteiger partial charge in [0.05, 0.1) is 5.69 Å². The fraction of sp³-hybridized carbons (Fsp3) is 0.0588. The monoisotopic (exact) mass is 259 g/mol. The first-order valence-corrected chi connectivity index (χ1v) is 6.64. The highest BCUT2D eigenvalue weighted by Gasteiger charge is 2.08. The van der Waals surface area contributed by atoms with E-state index < -0.39 is 0 Å². The maximum Gasteiger partial charge on any atom is 0.113 e. The van der Waals surface area contributed by atoms with E-state index in [0.717, 1.165) is 16.7 Å². The summed E-state index contributed by atoms with van der Waals surface area (Å²) in [5, 5.41) is 11.6. The average Bonchev–Trinajstić information content (AvgIpc) is 2.91. The first kappa shape index (κ1) is 11.2. The predicted molar refractivity (Wildman–Crippen MR) is 81.1 cm³/mol. The smallest absolute Gasteiger partial charge is 0.113 e. The van der Waals surface area contributed by atoms with Crippen molar-refractivity contribution in [2.24, 2.45) is 0 Å². The van der Waals surface area contributed by atoms with Crippen molar-refractivity contribution in [1.29, 1.82) is 0 Å². The normalized spacial score (nSPS) is 11.2. The van der Waals surface area contributed by atoms with Gasteiger partial charge in [0.25, 0.3) is 0 Å². The van der Waals surface area contributed by atoms with Crippen LogP contribution in [0.15, 0.2) is 60.7 Å². The van der Waals surface area contributed by atoms with E-state index in [4.69, 9.17) is 0 Å². The summed E-state index contributed by atoms with van der Waals surface area (Å²) in [6.45, 7) is 2.12. The molecule has 0 aliphatic heterocycles. The maximum absolute atomic E-state index is 4.57. The number of fused-ring (bicyclic) bond motifs is 2. The molecule has 0 saturated carbocycles. The van der Waals surface area contributed by atoms with Crippen LogP contribution in [0.1, 0.15) is 5.56 Å². The van der Waals surface area contributed by atoms with Gasteiger partial charge in [-0.15, -0.1) is 15.0 Å². The van der Waals surface area contributed by atoms with E-state index in [1.807, 2.05) is 24.3 Å². The third-order valence-corrected chi connectivity index (χ3v) is 3.62. The minimum Gasteiger partial charge on any atom is -0.150 e. The van der Waals surface area contributed by atoms with Crippen LogP contribution in [0.3, 0.4) is 0 Å². The van der Waals surface area contributed by atoms with Gasteiger partial charge < -0.3 is 0 Å². The van der Waals surface area contributed by atoms with Gasteiger partial charge in [-0.3, -0.25) is 0 Å². The number of hydrogen-bond acceptors (Lipinski definition) is 2. The number of rotatable bonds is 1. The Morgan fingerprint density at radius 2 is 1.30 bits per heavy atom. The molecule has 1 heterocycles. The van der Waals surface area contributed by atoms with Crippen molar-refractivity contribution in [2.75, 3.05) is 0 Å². The molecule has 0 bridgehead atoms. The van der Waals surface area contributed by atoms with Crippen molar-refractivity contribution in [1.82, 2.24) is 15.0 Å². The van der Waals surface area contributed by atoms with Gasteiger partial charge in [-0.25, -0.2) is 0 Å². The van der Waals surface area contributed by atoms with Crippen molar-refractivity contribution in [3.8, 4) is 5.69 Å². The van der Waals surface area contributed by atoms with Crippen LogP contribution in [-0.4, -0.2) is 15.0 Å². The highest BCUT2D eigenvalue weighted by atomic mass is 15.5. The molecule has 0 aliphatic rings. The molecule has 0 saturated heterocycles. The Hall–Kier alpha value is -2.68. The number of nitrogens with zero attached hydrogens (tertiary/aromatic N) is 3. The highest BCUT2D eigenvalue weighted by molar-refractivity contribution is 5.92. The number of hydrogen-bond donors (Lipinski definition) is 0. The molecule has 3 aromatic carbocycles. The lowest BCUT2D eigenvalue weighted by Gasteiger charge is -2.07. The van der Waals surface area contributed by atoms with Crippen LogP contribution in [0.25, 0.3) is 27.5 Å². The van der Waals surface area contributed by atoms with Gasteiger partial charge in [-0.2, -0.15) is 0 Å². The summed E-state index contributed by atoms with van der Waals surface area (Å²) < 4.78 is 0. The quantitative estimate of drug-likeness (QED) is 0.519. The van der Waals surface area contributed by atoms with Crippen LogP contribution in [0.4, 0.5) is 0 Å². The fourth-order valence-corrected chi connectivity index (χ4v) is 2.58. The predicted octanol–water partition coefficient (Wildman–Crippen LogP) is 3.88. The molecule has 0 unspecified atom stereocenters. The zero-order chi connectivity index (χ0) is 13.5. The summed E-state index contributed by atoms with van der Waals surface area (Å²) in [7, 11) is 0. The van der Waals surface area contributed by atoms with Crippen molar-refractivity contribution in [3.63, 3.8) is 0 Å². The van der Waals surface area contributed by atoms with Gasteiger partial charge in [0.2, 0.25) is 0 Å². The Morgan fingerprint density at radius 3 is 2.00 bits per heavy atom. The topological polar surface area (TPSA) is 30.7 Å². The largest absolute Gasteiger partial charge is 0.150 e. The molecular formula is C17H13N3. The van der Waals surface area contributed by atoms with Gasteiger partial charge in [0, 0.05) is 5.39 Å². The Kier molecular flexibility index (Phi) is 2.33. The third-order valence-electron chi connectivity index (χ3n) is 3.62. The summed E-state index contributed by atoms with van der Waals surface area (Å²) in [5.74, 6) is 0. The molecule has 0 fully saturated rings. The average molecular weight is 259 g/mol. The summed E-state index contributed by atoms with van der Waals surface area (Å²) in [6, 6.07) is 20.5. The van der Waals surface area contributed by atoms with Crippen LogP contribution in [0, 0.1) is 6.92 Å². The van der Waals surface area contributed by atoms with E-state index in [2.05, 4.69) is 53.5 Å². The molecule has 1 aromatic heterocycles. The zero-order valence-electron chi connectivity index (χ0n) is 11.1. The fourth-order valence-electron chi connectivity index (χ4n) is 2.58. The molecule has 4 rings (SSSR count). The maximum atomic E-state index is 4.57. The molecule has 0 radical (unpaired) electrons. The van der Waals surface area contributed by atoms with E-state index >= 15 is 0 Å². The van der Waals surface area contributed by atoms with Crippen molar-refractivity contribution in [2.45, 2.75) is 6.92 Å². The summed E-state index contributed by atoms with van der Waals surface area (Å²) in [4.78, 5) is 1.73. The summed E-state index contributed by atoms with van der Waals surface area (Å²) >= 11 is 0. The van der Waals surface area contributed by atoms with Crippen molar-refractivity contribution >= 4 is 21.8 Å². The molecule has 20 heavy (non-hydrogen) atoms. The van der Waals surface area contributed by atoms with E-state index in [-0.39, 0.29) is 0 Å². The SMILES string of the molecule is Cc1ccc(-n2nc3ccccc3n2)c2ccccc12. The van der Waals surface area contributed by atoms with E-state index in [1.165, 1.54) is 16.3 Å². The number of aromatic nitrogens is 3. The second-order valence-electron chi connectivity index (χ2n) is 4.93. The number of aryl methyl sites for hydroxylation is 1. The zero-order valence-corrected chi connectivity index (χ0v) is 11.1. The van der Waals surface area contributed by atoms with E-state index in [0.29, 0.717) is 0 Å². The molecule has 0 spiro atoms. The molecule has 96 valence electrons. The Balaban J connectivity index is 2.04. The lowest BCUT2D eigenvalue weighted by Crippen LogP contribution is -1.99. The summed E-state index contributed by atoms with van der Waals surface area (Å²) in [5.41, 5.74) is 4.11. The van der Waals surface area contributed by atoms with Gasteiger partial charge in [-0.05, 0) is 36.1 Å². The number of benzene rings is 3. The van der Waals surface area contributed by atoms with E-state index in [1.54, 1.807) is 4.80 Å². The van der Waals surface area contributed by atoms with Crippen LogP contribution in [0.5, 0.6) is 0 Å². The standard InChI is InChI=1S/C17H13N3/c1-12-10-11-17(14-7-3-2-6-13(12)14)20-18-15-8-4-5-9-16(15)19-20/h2-11H,1H3. The van der Waals surface area contributed by atoms with Crippen LogP contribution in [-0.2, 0) is 0 Å². The molecule has 0 aliphatic carbocycles. The minimum atomic E-state index is 0.914. The first-order chi connectivity index (χ1) is 9.83. The molecule has 0 atom stereocenters. The van der Waals surface area contributed by atoms with Crippen molar-refractivity contribution in [3.05, 3.63) is 66.2 Å². The molecule has 0 N–H and O–H groups in total. The molecule has 4 aromatic rings. The Bertz CT molecular complexity index is 889.